The normalized spacial score (nSPS) is 14.9. The molecular formula is C14H15N5O2. The Morgan fingerprint density at radius 1 is 1.24 bits per heavy atom. The van der Waals surface area contributed by atoms with Crippen LogP contribution >= 0.6 is 0 Å². The van der Waals surface area contributed by atoms with Crippen LogP contribution in [-0.2, 0) is 11.8 Å². The van der Waals surface area contributed by atoms with Crippen molar-refractivity contribution in [3.05, 3.63) is 40.9 Å². The maximum atomic E-state index is 12.1. The van der Waals surface area contributed by atoms with Crippen LogP contribution in [0.15, 0.2) is 35.4 Å². The number of rotatable bonds is 2. The predicted molar refractivity (Wildman–Crippen MR) is 77.9 cm³/mol. The van der Waals surface area contributed by atoms with E-state index >= 15 is 0 Å². The first-order valence-electron chi connectivity index (χ1n) is 6.65. The molecule has 21 heavy (non-hydrogen) atoms. The summed E-state index contributed by atoms with van der Waals surface area (Å²) < 4.78 is 1.46. The smallest absolute Gasteiger partial charge is 0.255 e. The third-order valence-corrected chi connectivity index (χ3v) is 3.41. The zero-order valence-electron chi connectivity index (χ0n) is 11.6. The maximum Gasteiger partial charge on any atom is 0.255 e. The molecule has 2 aromatic rings. The van der Waals surface area contributed by atoms with Gasteiger partial charge in [0.1, 0.15) is 0 Å². The lowest BCUT2D eigenvalue weighted by molar-refractivity contribution is -0.120. The number of amides is 1. The van der Waals surface area contributed by atoms with Crippen LogP contribution < -0.4 is 15.8 Å². The quantitative estimate of drug-likeness (QED) is 0.825. The second-order valence-corrected chi connectivity index (χ2v) is 4.85. The van der Waals surface area contributed by atoms with Crippen molar-refractivity contribution in [1.82, 2.24) is 19.9 Å². The maximum absolute atomic E-state index is 12.1. The molecule has 3 rings (SSSR count). The third-order valence-electron chi connectivity index (χ3n) is 3.41. The number of hydrogen-bond acceptors (Lipinski definition) is 5. The van der Waals surface area contributed by atoms with Gasteiger partial charge in [0.2, 0.25) is 11.9 Å². The average Bonchev–Trinajstić information content (AvgIpc) is 2.51. The Kier molecular flexibility index (Phi) is 3.39. The van der Waals surface area contributed by atoms with Crippen molar-refractivity contribution in [2.45, 2.75) is 0 Å². The minimum atomic E-state index is -0.155. The number of anilines is 1. The highest BCUT2D eigenvalue weighted by Gasteiger charge is 2.20. The highest BCUT2D eigenvalue weighted by atomic mass is 16.2. The van der Waals surface area contributed by atoms with Crippen LogP contribution in [0.3, 0.4) is 0 Å². The molecule has 1 fully saturated rings. The van der Waals surface area contributed by atoms with Gasteiger partial charge in [-0.2, -0.15) is 0 Å². The molecule has 1 aliphatic rings. The Bertz CT molecular complexity index is 726. The van der Waals surface area contributed by atoms with Gasteiger partial charge in [-0.05, 0) is 12.1 Å². The van der Waals surface area contributed by atoms with E-state index in [1.54, 1.807) is 31.6 Å². The second-order valence-electron chi connectivity index (χ2n) is 4.85. The Morgan fingerprint density at radius 3 is 2.71 bits per heavy atom. The minimum absolute atomic E-state index is 0.0650. The number of nitrogens with one attached hydrogen (secondary N) is 1. The van der Waals surface area contributed by atoms with Crippen molar-refractivity contribution in [2.24, 2.45) is 7.05 Å². The molecule has 0 bridgehead atoms. The number of nitrogens with zero attached hydrogens (tertiary/aromatic N) is 4. The molecule has 0 spiro atoms. The largest absolute Gasteiger partial charge is 0.353 e. The van der Waals surface area contributed by atoms with Crippen molar-refractivity contribution >= 4 is 11.9 Å². The molecule has 0 aliphatic carbocycles. The van der Waals surface area contributed by atoms with E-state index in [2.05, 4.69) is 15.3 Å². The number of pyridine rings is 1. The molecule has 1 saturated heterocycles. The van der Waals surface area contributed by atoms with Gasteiger partial charge in [0.15, 0.2) is 0 Å². The third kappa shape index (κ3) is 2.62. The van der Waals surface area contributed by atoms with Crippen molar-refractivity contribution in [1.29, 1.82) is 0 Å². The van der Waals surface area contributed by atoms with E-state index in [1.807, 2.05) is 4.90 Å². The monoisotopic (exact) mass is 285 g/mol. The summed E-state index contributed by atoms with van der Waals surface area (Å²) in [5, 5.41) is 2.76. The average molecular weight is 285 g/mol. The van der Waals surface area contributed by atoms with E-state index in [9.17, 15) is 9.59 Å². The Hall–Kier alpha value is -2.70. The van der Waals surface area contributed by atoms with Crippen LogP contribution in [0.1, 0.15) is 0 Å². The molecule has 0 aromatic carbocycles. The van der Waals surface area contributed by atoms with Gasteiger partial charge in [-0.3, -0.25) is 19.1 Å². The lowest BCUT2D eigenvalue weighted by Gasteiger charge is -2.28. The second kappa shape index (κ2) is 5.35. The van der Waals surface area contributed by atoms with Gasteiger partial charge in [-0.1, -0.05) is 0 Å². The highest BCUT2D eigenvalue weighted by molar-refractivity contribution is 5.82. The van der Waals surface area contributed by atoms with Crippen molar-refractivity contribution in [2.75, 3.05) is 24.5 Å². The van der Waals surface area contributed by atoms with Crippen LogP contribution in [0.5, 0.6) is 0 Å². The Labute approximate surface area is 121 Å². The molecule has 1 amide bonds. The molecule has 1 aliphatic heterocycles. The lowest BCUT2D eigenvalue weighted by Crippen LogP contribution is -2.49. The van der Waals surface area contributed by atoms with Crippen LogP contribution in [0.25, 0.3) is 11.3 Å². The summed E-state index contributed by atoms with van der Waals surface area (Å²) in [6.45, 7) is 1.39. The van der Waals surface area contributed by atoms with Gasteiger partial charge in [0, 0.05) is 44.2 Å². The van der Waals surface area contributed by atoms with E-state index in [0.717, 1.165) is 5.56 Å². The van der Waals surface area contributed by atoms with Crippen molar-refractivity contribution in [3.63, 3.8) is 0 Å². The number of piperazine rings is 1. The Balaban J connectivity index is 2.06. The summed E-state index contributed by atoms with van der Waals surface area (Å²) in [4.78, 5) is 34.0. The van der Waals surface area contributed by atoms with Crippen molar-refractivity contribution in [3.8, 4) is 11.3 Å². The zero-order chi connectivity index (χ0) is 14.8. The van der Waals surface area contributed by atoms with Crippen LogP contribution in [0.4, 0.5) is 5.95 Å². The first-order chi connectivity index (χ1) is 10.1. The lowest BCUT2D eigenvalue weighted by atomic mass is 10.2. The number of carbonyl (C=O) groups is 1. The molecule has 2 aromatic heterocycles. The molecule has 108 valence electrons. The summed E-state index contributed by atoms with van der Waals surface area (Å²) in [5.74, 6) is 0.439. The summed E-state index contributed by atoms with van der Waals surface area (Å²) >= 11 is 0. The fraction of sp³-hybridized carbons (Fsp3) is 0.286. The highest BCUT2D eigenvalue weighted by Crippen LogP contribution is 2.18. The SMILES string of the molecule is Cn1c(N2CCNC(=O)C2)nc(-c2ccncc2)cc1=O. The summed E-state index contributed by atoms with van der Waals surface area (Å²) in [6, 6.07) is 5.09. The number of carbonyl (C=O) groups excluding carboxylic acids is 1. The van der Waals surface area contributed by atoms with Crippen LogP contribution in [0.2, 0.25) is 0 Å². The van der Waals surface area contributed by atoms with Crippen molar-refractivity contribution < 1.29 is 4.79 Å². The predicted octanol–water partition coefficient (Wildman–Crippen LogP) is -0.222. The van der Waals surface area contributed by atoms with Gasteiger partial charge in [-0.15, -0.1) is 0 Å². The standard InChI is InChI=1S/C14H15N5O2/c1-18-13(21)8-11(10-2-4-15-5-3-10)17-14(18)19-7-6-16-12(20)9-19/h2-5,8H,6-7,9H2,1H3,(H,16,20). The molecule has 7 nitrogen and oxygen atoms in total. The van der Waals surface area contributed by atoms with E-state index in [4.69, 9.17) is 0 Å². The molecular weight excluding hydrogens is 270 g/mol. The number of hydrogen-bond donors (Lipinski definition) is 1. The fourth-order valence-electron chi connectivity index (χ4n) is 2.29. The molecule has 7 heteroatoms. The van der Waals surface area contributed by atoms with Crippen LogP contribution in [0, 0.1) is 0 Å². The molecule has 0 unspecified atom stereocenters. The summed E-state index contributed by atoms with van der Waals surface area (Å²) in [6.07, 6.45) is 3.31. The Morgan fingerprint density at radius 2 is 2.00 bits per heavy atom. The first-order valence-corrected chi connectivity index (χ1v) is 6.65. The minimum Gasteiger partial charge on any atom is -0.353 e. The van der Waals surface area contributed by atoms with E-state index in [0.29, 0.717) is 24.7 Å². The van der Waals surface area contributed by atoms with Gasteiger partial charge in [-0.25, -0.2) is 4.98 Å². The first kappa shape index (κ1) is 13.3. The number of aromatic nitrogens is 3. The van der Waals surface area contributed by atoms with Gasteiger partial charge < -0.3 is 10.2 Å². The summed E-state index contributed by atoms with van der Waals surface area (Å²) in [7, 11) is 1.66. The fourth-order valence-corrected chi connectivity index (χ4v) is 2.29. The molecule has 3 heterocycles. The topological polar surface area (TPSA) is 80.1 Å². The molecule has 0 radical (unpaired) electrons. The van der Waals surface area contributed by atoms with Gasteiger partial charge in [0.25, 0.3) is 5.56 Å². The van der Waals surface area contributed by atoms with E-state index in [1.165, 1.54) is 10.6 Å². The van der Waals surface area contributed by atoms with Gasteiger partial charge in [0.05, 0.1) is 12.2 Å². The van der Waals surface area contributed by atoms with E-state index < -0.39 is 0 Å². The molecule has 1 N–H and O–H groups in total. The van der Waals surface area contributed by atoms with E-state index in [-0.39, 0.29) is 18.0 Å². The van der Waals surface area contributed by atoms with Crippen LogP contribution in [-0.4, -0.2) is 40.1 Å². The zero-order valence-corrected chi connectivity index (χ0v) is 11.6. The summed E-state index contributed by atoms with van der Waals surface area (Å²) in [5.41, 5.74) is 1.25. The molecule has 0 saturated carbocycles. The van der Waals surface area contributed by atoms with Gasteiger partial charge >= 0.3 is 0 Å². The molecule has 0 atom stereocenters.